The summed E-state index contributed by atoms with van der Waals surface area (Å²) in [5.74, 6) is 0.725. The van der Waals surface area contributed by atoms with Crippen LogP contribution >= 0.6 is 0 Å². The van der Waals surface area contributed by atoms with E-state index in [9.17, 15) is 8.42 Å². The summed E-state index contributed by atoms with van der Waals surface area (Å²) >= 11 is 0. The van der Waals surface area contributed by atoms with Crippen LogP contribution in [0, 0.1) is 5.41 Å². The molecule has 1 aliphatic rings. The van der Waals surface area contributed by atoms with Crippen molar-refractivity contribution in [3.63, 3.8) is 0 Å². The monoisotopic (exact) mass is 350 g/mol. The Morgan fingerprint density at radius 3 is 2.58 bits per heavy atom. The van der Waals surface area contributed by atoms with E-state index in [1.807, 2.05) is 0 Å². The maximum Gasteiger partial charge on any atom is 0.175 e. The molecule has 1 fully saturated rings. The van der Waals surface area contributed by atoms with Crippen molar-refractivity contribution in [1.29, 1.82) is 0 Å². The summed E-state index contributed by atoms with van der Waals surface area (Å²) in [7, 11) is -3.21. The maximum atomic E-state index is 11.6. The molecule has 1 saturated heterocycles. The highest BCUT2D eigenvalue weighted by molar-refractivity contribution is 7.90. The molecule has 0 bridgehead atoms. The molecule has 0 saturated carbocycles. The summed E-state index contributed by atoms with van der Waals surface area (Å²) in [5, 5.41) is 11.9. The summed E-state index contributed by atoms with van der Waals surface area (Å²) in [6.07, 6.45) is 2.25. The van der Waals surface area contributed by atoms with Gasteiger partial charge in [-0.15, -0.1) is 5.10 Å². The average Bonchev–Trinajstić information content (AvgIpc) is 3.15. The van der Waals surface area contributed by atoms with Crippen LogP contribution < -0.4 is 5.73 Å². The van der Waals surface area contributed by atoms with Gasteiger partial charge in [0.15, 0.2) is 15.7 Å². The molecule has 9 heteroatoms. The Kier molecular flexibility index (Phi) is 4.41. The Morgan fingerprint density at radius 2 is 2.00 bits per heavy atom. The number of tetrazole rings is 1. The van der Waals surface area contributed by atoms with Gasteiger partial charge in [-0.05, 0) is 59.6 Å². The molecule has 0 spiro atoms. The summed E-state index contributed by atoms with van der Waals surface area (Å²) in [6.45, 7) is 5.38. The SMILES string of the molecule is CC1(CN)CCN(Cc2nnnn2-c2ccc(S(C)(=O)=O)cc2)C1. The fraction of sp³-hybridized carbons (Fsp3) is 0.533. The minimum absolute atomic E-state index is 0.148. The fourth-order valence-corrected chi connectivity index (χ4v) is 3.60. The molecule has 2 heterocycles. The molecular weight excluding hydrogens is 328 g/mol. The lowest BCUT2D eigenvalue weighted by Gasteiger charge is -2.22. The first-order valence-corrected chi connectivity index (χ1v) is 9.70. The molecule has 8 nitrogen and oxygen atoms in total. The van der Waals surface area contributed by atoms with Gasteiger partial charge in [0.1, 0.15) is 0 Å². The van der Waals surface area contributed by atoms with Gasteiger partial charge >= 0.3 is 0 Å². The standard InChI is InChI=1S/C15H22N6O2S/c1-15(10-16)7-8-20(11-15)9-14-17-18-19-21(14)12-3-5-13(6-4-12)24(2,22)23/h3-6H,7-11,16H2,1-2H3. The van der Waals surface area contributed by atoms with E-state index in [-0.39, 0.29) is 10.3 Å². The van der Waals surface area contributed by atoms with E-state index in [0.717, 1.165) is 31.0 Å². The summed E-state index contributed by atoms with van der Waals surface area (Å²) in [5.41, 5.74) is 6.74. The minimum atomic E-state index is -3.21. The zero-order valence-electron chi connectivity index (χ0n) is 13.9. The van der Waals surface area contributed by atoms with Gasteiger partial charge in [0.05, 0.1) is 17.1 Å². The molecule has 2 aromatic rings. The zero-order valence-corrected chi connectivity index (χ0v) is 14.7. The lowest BCUT2D eigenvalue weighted by Crippen LogP contribution is -2.31. The van der Waals surface area contributed by atoms with Crippen LogP contribution in [0.15, 0.2) is 29.2 Å². The molecule has 1 aromatic heterocycles. The number of nitrogens with zero attached hydrogens (tertiary/aromatic N) is 5. The van der Waals surface area contributed by atoms with E-state index >= 15 is 0 Å². The second-order valence-electron chi connectivity index (χ2n) is 6.75. The molecule has 1 aromatic carbocycles. The molecular formula is C15H22N6O2S. The number of benzene rings is 1. The lowest BCUT2D eigenvalue weighted by atomic mass is 9.90. The molecule has 0 amide bonds. The van der Waals surface area contributed by atoms with Crippen LogP contribution in [0.3, 0.4) is 0 Å². The normalized spacial score (nSPS) is 22.1. The highest BCUT2D eigenvalue weighted by Gasteiger charge is 2.33. The molecule has 1 aliphatic heterocycles. The first kappa shape index (κ1) is 17.0. The summed E-state index contributed by atoms with van der Waals surface area (Å²) in [6, 6.07) is 6.56. The Hall–Kier alpha value is -1.84. The number of rotatable bonds is 5. The second kappa shape index (κ2) is 6.23. The Labute approximate surface area is 141 Å². The molecule has 0 radical (unpaired) electrons. The first-order chi connectivity index (χ1) is 11.3. The van der Waals surface area contributed by atoms with E-state index in [0.29, 0.717) is 13.1 Å². The molecule has 1 unspecified atom stereocenters. The van der Waals surface area contributed by atoms with Gasteiger partial charge in [-0.2, -0.15) is 4.68 Å². The van der Waals surface area contributed by atoms with Crippen molar-refractivity contribution in [2.75, 3.05) is 25.9 Å². The van der Waals surface area contributed by atoms with Crippen molar-refractivity contribution < 1.29 is 8.42 Å². The van der Waals surface area contributed by atoms with E-state index in [2.05, 4.69) is 27.3 Å². The Bertz CT molecular complexity index is 817. The topological polar surface area (TPSA) is 107 Å². The van der Waals surface area contributed by atoms with Gasteiger partial charge in [-0.1, -0.05) is 6.92 Å². The van der Waals surface area contributed by atoms with Gasteiger partial charge in [-0.3, -0.25) is 4.90 Å². The number of sulfone groups is 1. The molecule has 24 heavy (non-hydrogen) atoms. The van der Waals surface area contributed by atoms with E-state index in [4.69, 9.17) is 5.73 Å². The largest absolute Gasteiger partial charge is 0.330 e. The predicted molar refractivity (Wildman–Crippen MR) is 89.3 cm³/mol. The van der Waals surface area contributed by atoms with Crippen LogP contribution in [-0.2, 0) is 16.4 Å². The van der Waals surface area contributed by atoms with Crippen LogP contribution in [0.5, 0.6) is 0 Å². The number of likely N-dealkylation sites (tertiary alicyclic amines) is 1. The third-order valence-corrected chi connectivity index (χ3v) is 5.67. The van der Waals surface area contributed by atoms with Crippen LogP contribution in [0.4, 0.5) is 0 Å². The Morgan fingerprint density at radius 1 is 1.29 bits per heavy atom. The van der Waals surface area contributed by atoms with E-state index in [1.54, 1.807) is 28.9 Å². The number of aromatic nitrogens is 4. The first-order valence-electron chi connectivity index (χ1n) is 7.81. The third-order valence-electron chi connectivity index (χ3n) is 4.54. The summed E-state index contributed by atoms with van der Waals surface area (Å²) in [4.78, 5) is 2.57. The van der Waals surface area contributed by atoms with Crippen molar-refractivity contribution in [2.24, 2.45) is 11.1 Å². The zero-order chi connectivity index (χ0) is 17.4. The molecule has 1 atom stereocenters. The van der Waals surface area contributed by atoms with Crippen LogP contribution in [-0.4, -0.2) is 59.4 Å². The maximum absolute atomic E-state index is 11.6. The Balaban J connectivity index is 1.79. The smallest absolute Gasteiger partial charge is 0.175 e. The van der Waals surface area contributed by atoms with Crippen molar-refractivity contribution >= 4 is 9.84 Å². The van der Waals surface area contributed by atoms with Gasteiger partial charge in [-0.25, -0.2) is 8.42 Å². The molecule has 3 rings (SSSR count). The van der Waals surface area contributed by atoms with Crippen molar-refractivity contribution in [3.05, 3.63) is 30.1 Å². The number of hydrogen-bond donors (Lipinski definition) is 1. The minimum Gasteiger partial charge on any atom is -0.330 e. The van der Waals surface area contributed by atoms with Crippen LogP contribution in [0.1, 0.15) is 19.2 Å². The van der Waals surface area contributed by atoms with Gasteiger partial charge in [0, 0.05) is 12.8 Å². The van der Waals surface area contributed by atoms with Crippen LogP contribution in [0.25, 0.3) is 5.69 Å². The van der Waals surface area contributed by atoms with Crippen molar-refractivity contribution in [2.45, 2.75) is 24.8 Å². The summed E-state index contributed by atoms with van der Waals surface area (Å²) < 4.78 is 24.7. The van der Waals surface area contributed by atoms with Gasteiger partial charge in [0.2, 0.25) is 0 Å². The fourth-order valence-electron chi connectivity index (χ4n) is 2.97. The molecule has 2 N–H and O–H groups in total. The molecule has 0 aliphatic carbocycles. The van der Waals surface area contributed by atoms with Crippen molar-refractivity contribution in [3.8, 4) is 5.69 Å². The quantitative estimate of drug-likeness (QED) is 0.823. The molecule has 130 valence electrons. The number of nitrogens with two attached hydrogens (primary N) is 1. The highest BCUT2D eigenvalue weighted by atomic mass is 32.2. The average molecular weight is 350 g/mol. The van der Waals surface area contributed by atoms with Gasteiger partial charge in [0.25, 0.3) is 0 Å². The number of hydrogen-bond acceptors (Lipinski definition) is 7. The highest BCUT2D eigenvalue weighted by Crippen LogP contribution is 2.29. The van der Waals surface area contributed by atoms with E-state index in [1.165, 1.54) is 6.26 Å². The predicted octanol–water partition coefficient (Wildman–Crippen LogP) is 0.237. The third kappa shape index (κ3) is 3.47. The van der Waals surface area contributed by atoms with Gasteiger partial charge < -0.3 is 5.73 Å². The van der Waals surface area contributed by atoms with Crippen LogP contribution in [0.2, 0.25) is 0 Å². The second-order valence-corrected chi connectivity index (χ2v) is 8.76. The lowest BCUT2D eigenvalue weighted by molar-refractivity contribution is 0.267. The van der Waals surface area contributed by atoms with Crippen molar-refractivity contribution in [1.82, 2.24) is 25.1 Å². The van der Waals surface area contributed by atoms with E-state index < -0.39 is 9.84 Å².